The molecule has 1 aliphatic rings. The summed E-state index contributed by atoms with van der Waals surface area (Å²) in [6.07, 6.45) is 9.16. The van der Waals surface area contributed by atoms with E-state index >= 15 is 0 Å². The summed E-state index contributed by atoms with van der Waals surface area (Å²) in [7, 11) is 3.07. The molecule has 4 heterocycles. The molecule has 0 radical (unpaired) electrons. The number of aryl methyl sites for hydroxylation is 2. The summed E-state index contributed by atoms with van der Waals surface area (Å²) >= 11 is 1.77. The molecule has 1 aromatic carbocycles. The maximum atomic E-state index is 13.3. The van der Waals surface area contributed by atoms with E-state index in [9.17, 15) is 4.79 Å². The molecule has 33 heavy (non-hydrogen) atoms. The topological polar surface area (TPSA) is 96.4 Å². The summed E-state index contributed by atoms with van der Waals surface area (Å²) in [5, 5.41) is 11.1. The molecule has 0 saturated carbocycles. The van der Waals surface area contributed by atoms with E-state index in [0.717, 1.165) is 28.7 Å². The molecule has 0 unspecified atom stereocenters. The molecule has 10 heteroatoms. The Balaban J connectivity index is 1.47. The summed E-state index contributed by atoms with van der Waals surface area (Å²) < 4.78 is 13.9. The second-order valence-electron chi connectivity index (χ2n) is 8.16. The Bertz CT molecular complexity index is 1580. The van der Waals surface area contributed by atoms with E-state index in [4.69, 9.17) is 14.5 Å². The number of fused-ring (bicyclic) bond motifs is 6. The lowest BCUT2D eigenvalue weighted by Crippen LogP contribution is -2.24. The van der Waals surface area contributed by atoms with Crippen LogP contribution in [0.2, 0.25) is 0 Å². The van der Waals surface area contributed by atoms with Crippen LogP contribution in [-0.2, 0) is 19.4 Å². The van der Waals surface area contributed by atoms with Crippen LogP contribution in [0.5, 0.6) is 11.5 Å². The summed E-state index contributed by atoms with van der Waals surface area (Å²) in [4.78, 5) is 25.1. The van der Waals surface area contributed by atoms with Gasteiger partial charge in [-0.15, -0.1) is 16.4 Å². The molecule has 0 fully saturated rings. The van der Waals surface area contributed by atoms with Crippen LogP contribution in [0.3, 0.4) is 0 Å². The summed E-state index contributed by atoms with van der Waals surface area (Å²) in [5.41, 5.74) is 1.87. The molecular weight excluding hydrogens is 440 g/mol. The first kappa shape index (κ1) is 20.1. The van der Waals surface area contributed by atoms with Crippen LogP contribution in [-0.4, -0.2) is 43.6 Å². The third-order valence-electron chi connectivity index (χ3n) is 6.24. The minimum Gasteiger partial charge on any atom is -0.493 e. The molecular formula is C23H22N6O3S. The van der Waals surface area contributed by atoms with Gasteiger partial charge in [0.25, 0.3) is 5.56 Å². The number of aromatic nitrogens is 6. The summed E-state index contributed by atoms with van der Waals surface area (Å²) in [6, 6.07) is 3.56. The second-order valence-corrected chi connectivity index (χ2v) is 9.24. The highest BCUT2D eigenvalue weighted by Crippen LogP contribution is 2.36. The Kier molecular flexibility index (Phi) is 4.75. The molecule has 6 rings (SSSR count). The average Bonchev–Trinajstić information content (AvgIpc) is 3.32. The van der Waals surface area contributed by atoms with E-state index in [-0.39, 0.29) is 12.1 Å². The average molecular weight is 463 g/mol. The maximum Gasteiger partial charge on any atom is 0.278 e. The van der Waals surface area contributed by atoms with Gasteiger partial charge in [0, 0.05) is 10.3 Å². The van der Waals surface area contributed by atoms with E-state index in [2.05, 4.69) is 15.2 Å². The number of ether oxygens (including phenoxy) is 2. The Morgan fingerprint density at radius 1 is 1.09 bits per heavy atom. The zero-order valence-electron chi connectivity index (χ0n) is 18.4. The minimum absolute atomic E-state index is 0.143. The van der Waals surface area contributed by atoms with Gasteiger partial charge < -0.3 is 9.47 Å². The van der Waals surface area contributed by atoms with Gasteiger partial charge in [-0.05, 0) is 43.4 Å². The second kappa shape index (κ2) is 7.80. The summed E-state index contributed by atoms with van der Waals surface area (Å²) in [5.74, 6) is 1.40. The number of methoxy groups -OCH3 is 2. The van der Waals surface area contributed by atoms with E-state index in [0.29, 0.717) is 28.1 Å². The lowest BCUT2D eigenvalue weighted by atomic mass is 10.1. The van der Waals surface area contributed by atoms with Gasteiger partial charge in [-0.3, -0.25) is 4.79 Å². The first-order valence-corrected chi connectivity index (χ1v) is 11.7. The van der Waals surface area contributed by atoms with Gasteiger partial charge in [-0.2, -0.15) is 5.10 Å². The van der Waals surface area contributed by atoms with Crippen molar-refractivity contribution in [3.63, 3.8) is 0 Å². The lowest BCUT2D eigenvalue weighted by Gasteiger charge is -2.11. The van der Waals surface area contributed by atoms with Crippen LogP contribution in [0.1, 0.15) is 35.5 Å². The Morgan fingerprint density at radius 3 is 2.82 bits per heavy atom. The Labute approximate surface area is 192 Å². The van der Waals surface area contributed by atoms with E-state index in [1.165, 1.54) is 41.5 Å². The van der Waals surface area contributed by atoms with Crippen LogP contribution in [0.4, 0.5) is 0 Å². The fraction of sp³-hybridized carbons (Fsp3) is 0.348. The van der Waals surface area contributed by atoms with Gasteiger partial charge in [0.15, 0.2) is 23.0 Å². The molecule has 0 bridgehead atoms. The van der Waals surface area contributed by atoms with Gasteiger partial charge in [0.2, 0.25) is 0 Å². The van der Waals surface area contributed by atoms with Gasteiger partial charge in [0.05, 0.1) is 31.2 Å². The SMILES string of the molecule is COc1ccc2cnn(Cc3nc4c5c6c(sc5ncn4n3)CCCCC6)c(=O)c2c1OC. The van der Waals surface area contributed by atoms with Crippen molar-refractivity contribution < 1.29 is 9.47 Å². The van der Waals surface area contributed by atoms with Gasteiger partial charge in [-0.1, -0.05) is 6.42 Å². The van der Waals surface area contributed by atoms with Crippen molar-refractivity contribution in [2.75, 3.05) is 14.2 Å². The van der Waals surface area contributed by atoms with Crippen molar-refractivity contribution in [2.24, 2.45) is 0 Å². The first-order chi connectivity index (χ1) is 16.2. The minimum atomic E-state index is -0.283. The molecule has 1 aliphatic carbocycles. The number of hydrogen-bond acceptors (Lipinski definition) is 8. The van der Waals surface area contributed by atoms with Gasteiger partial charge in [-0.25, -0.2) is 19.2 Å². The van der Waals surface area contributed by atoms with Crippen molar-refractivity contribution in [2.45, 2.75) is 38.6 Å². The van der Waals surface area contributed by atoms with Crippen LogP contribution in [0, 0.1) is 0 Å². The number of hydrogen-bond donors (Lipinski definition) is 0. The van der Waals surface area contributed by atoms with Crippen LogP contribution >= 0.6 is 11.3 Å². The highest BCUT2D eigenvalue weighted by molar-refractivity contribution is 7.19. The molecule has 0 amide bonds. The smallest absolute Gasteiger partial charge is 0.278 e. The van der Waals surface area contributed by atoms with Crippen molar-refractivity contribution >= 4 is 38.0 Å². The third kappa shape index (κ3) is 3.16. The number of rotatable bonds is 4. The first-order valence-electron chi connectivity index (χ1n) is 10.9. The highest BCUT2D eigenvalue weighted by Gasteiger charge is 2.21. The predicted molar refractivity (Wildman–Crippen MR) is 126 cm³/mol. The zero-order valence-corrected chi connectivity index (χ0v) is 19.2. The molecule has 5 aromatic rings. The number of benzene rings is 1. The van der Waals surface area contributed by atoms with Gasteiger partial charge >= 0.3 is 0 Å². The fourth-order valence-corrected chi connectivity index (χ4v) is 5.90. The quantitative estimate of drug-likeness (QED) is 0.378. The van der Waals surface area contributed by atoms with Crippen molar-refractivity contribution in [1.29, 1.82) is 0 Å². The maximum absolute atomic E-state index is 13.3. The molecule has 4 aromatic heterocycles. The normalized spacial score (nSPS) is 14.0. The predicted octanol–water partition coefficient (Wildman–Crippen LogP) is 3.38. The third-order valence-corrected chi connectivity index (χ3v) is 7.44. The van der Waals surface area contributed by atoms with Crippen LogP contribution in [0.15, 0.2) is 29.5 Å². The van der Waals surface area contributed by atoms with E-state index in [1.807, 2.05) is 0 Å². The van der Waals surface area contributed by atoms with E-state index < -0.39 is 0 Å². The molecule has 9 nitrogen and oxygen atoms in total. The largest absolute Gasteiger partial charge is 0.493 e. The van der Waals surface area contributed by atoms with Gasteiger partial charge in [0.1, 0.15) is 17.7 Å². The van der Waals surface area contributed by atoms with Crippen molar-refractivity contribution in [1.82, 2.24) is 29.4 Å². The highest BCUT2D eigenvalue weighted by atomic mass is 32.1. The lowest BCUT2D eigenvalue weighted by molar-refractivity contribution is 0.358. The molecule has 0 atom stereocenters. The monoisotopic (exact) mass is 462 g/mol. The Hall–Kier alpha value is -3.53. The molecule has 0 N–H and O–H groups in total. The standard InChI is InChI=1S/C23H22N6O3S/c1-31-15-9-8-13-10-25-28(23(30)18(13)20(15)32-2)11-17-26-21-19-14-6-4-3-5-7-16(14)33-22(19)24-12-29(21)27-17/h8-10,12H,3-7,11H2,1-2H3. The fourth-order valence-electron chi connectivity index (χ4n) is 4.67. The Morgan fingerprint density at radius 2 is 1.97 bits per heavy atom. The molecule has 0 saturated heterocycles. The molecule has 168 valence electrons. The molecule has 0 spiro atoms. The van der Waals surface area contributed by atoms with Crippen LogP contribution in [0.25, 0.3) is 26.6 Å². The molecule has 0 aliphatic heterocycles. The van der Waals surface area contributed by atoms with Crippen LogP contribution < -0.4 is 15.0 Å². The number of nitrogens with zero attached hydrogens (tertiary/aromatic N) is 6. The number of thiophene rings is 1. The van der Waals surface area contributed by atoms with E-state index in [1.54, 1.807) is 47.6 Å². The van der Waals surface area contributed by atoms with Crippen molar-refractivity contribution in [3.05, 3.63) is 51.3 Å². The van der Waals surface area contributed by atoms with Crippen molar-refractivity contribution in [3.8, 4) is 11.5 Å². The summed E-state index contributed by atoms with van der Waals surface area (Å²) in [6.45, 7) is 0.143. The zero-order chi connectivity index (χ0) is 22.5.